The van der Waals surface area contributed by atoms with Crippen LogP contribution in [0.2, 0.25) is 0 Å². The van der Waals surface area contributed by atoms with Crippen LogP contribution in [0.25, 0.3) is 0 Å². The van der Waals surface area contributed by atoms with Crippen LogP contribution in [0.1, 0.15) is 184 Å². The van der Waals surface area contributed by atoms with E-state index in [-0.39, 0.29) is 19.5 Å². The summed E-state index contributed by atoms with van der Waals surface area (Å²) in [5, 5.41) is 0. The van der Waals surface area contributed by atoms with E-state index < -0.39 is 11.4 Å². The Morgan fingerprint density at radius 2 is 0.596 bits per heavy atom. The van der Waals surface area contributed by atoms with Gasteiger partial charge in [0, 0.05) is 0 Å². The van der Waals surface area contributed by atoms with Gasteiger partial charge in [0.1, 0.15) is 0 Å². The van der Waals surface area contributed by atoms with E-state index >= 15 is 0 Å². The minimum atomic E-state index is -2.47. The van der Waals surface area contributed by atoms with Gasteiger partial charge in [0.05, 0.1) is 37.8 Å². The van der Waals surface area contributed by atoms with Crippen LogP contribution in [-0.4, -0.2) is 26.4 Å². The molecule has 280 valence electrons. The largest absolute Gasteiger partial charge is 2.00 e. The molecular weight excluding hydrogens is 752 g/mol. The SMILES string of the molecule is CCCCCCC(C)COP(=S)([S-])OCC(C)CCCCCC.CCCCCCC(C)COP(=S)([S-])OCC(C)CCCCCC.[Zn+2]. The van der Waals surface area contributed by atoms with E-state index in [1.807, 2.05) is 0 Å². The third-order valence-electron chi connectivity index (χ3n) is 8.27. The second-order valence-electron chi connectivity index (χ2n) is 13.9. The van der Waals surface area contributed by atoms with Crippen LogP contribution in [0.4, 0.5) is 0 Å². The van der Waals surface area contributed by atoms with E-state index in [9.17, 15) is 0 Å². The molecule has 4 unspecified atom stereocenters. The maximum atomic E-state index is 5.76. The molecule has 47 heavy (non-hydrogen) atoms. The average molecular weight is 829 g/mol. The molecule has 4 nitrogen and oxygen atoms in total. The van der Waals surface area contributed by atoms with Gasteiger partial charge in [-0.15, -0.1) is 0 Å². The quantitative estimate of drug-likeness (QED) is 0.0287. The van der Waals surface area contributed by atoms with Gasteiger partial charge in [-0.05, 0) is 49.4 Å². The minimum absolute atomic E-state index is 0. The predicted molar refractivity (Wildman–Crippen MR) is 219 cm³/mol. The van der Waals surface area contributed by atoms with E-state index in [0.29, 0.717) is 50.1 Å². The summed E-state index contributed by atoms with van der Waals surface area (Å²) in [5.74, 6) is 2.08. The van der Waals surface area contributed by atoms with Crippen molar-refractivity contribution < 1.29 is 37.6 Å². The monoisotopic (exact) mass is 826 g/mol. The van der Waals surface area contributed by atoms with Crippen molar-refractivity contribution in [2.24, 2.45) is 23.7 Å². The van der Waals surface area contributed by atoms with Gasteiger partial charge >= 0.3 is 19.5 Å². The van der Waals surface area contributed by atoms with Crippen molar-refractivity contribution in [1.29, 1.82) is 0 Å². The van der Waals surface area contributed by atoms with Crippen LogP contribution >= 0.6 is 11.4 Å². The second kappa shape index (κ2) is 36.8. The van der Waals surface area contributed by atoms with Gasteiger partial charge in [0.2, 0.25) is 0 Å². The number of hydrogen-bond donors (Lipinski definition) is 0. The van der Waals surface area contributed by atoms with E-state index in [0.717, 1.165) is 0 Å². The van der Waals surface area contributed by atoms with Crippen LogP contribution in [0, 0.1) is 23.7 Å². The summed E-state index contributed by atoms with van der Waals surface area (Å²) in [6, 6.07) is 0. The van der Waals surface area contributed by atoms with Gasteiger partial charge in [-0.1, -0.05) is 182 Å². The maximum absolute atomic E-state index is 5.76. The first-order valence-electron chi connectivity index (χ1n) is 19.0. The first-order valence-corrected chi connectivity index (χ1v) is 26.3. The summed E-state index contributed by atoms with van der Waals surface area (Å²) < 4.78 is 23.0. The Labute approximate surface area is 328 Å². The molecule has 0 heterocycles. The van der Waals surface area contributed by atoms with Crippen molar-refractivity contribution in [2.75, 3.05) is 26.4 Å². The molecule has 4 atom stereocenters. The summed E-state index contributed by atoms with van der Waals surface area (Å²) in [6.07, 6.45) is 25.5. The van der Waals surface area contributed by atoms with E-state index in [2.05, 4.69) is 55.4 Å². The van der Waals surface area contributed by atoms with E-state index in [1.54, 1.807) is 0 Å². The van der Waals surface area contributed by atoms with Crippen molar-refractivity contribution in [2.45, 2.75) is 184 Å². The van der Waals surface area contributed by atoms with Crippen molar-refractivity contribution in [1.82, 2.24) is 0 Å². The van der Waals surface area contributed by atoms with Crippen molar-refractivity contribution >= 4 is 59.5 Å². The summed E-state index contributed by atoms with van der Waals surface area (Å²) in [5.41, 5.74) is -4.95. The zero-order chi connectivity index (χ0) is 35.1. The van der Waals surface area contributed by atoms with Crippen molar-refractivity contribution in [3.05, 3.63) is 0 Å². The standard InChI is InChI=1S/2C18H39O2PS2.Zn/c2*1-5-7-9-11-13-17(3)15-19-21(22,23)20-16-18(4)14-12-10-8-6-2;/h2*17-18H,5-16H2,1-4H3,(H,22,23);/q;;+2/p-2. The Bertz CT molecular complexity index is 642. The smallest absolute Gasteiger partial charge is 0.691 e. The third kappa shape index (κ3) is 41.1. The molecule has 0 amide bonds. The molecule has 0 rings (SSSR count). The van der Waals surface area contributed by atoms with Gasteiger partial charge < -0.3 is 42.6 Å². The predicted octanol–water partition coefficient (Wildman–Crippen LogP) is 14.0. The summed E-state index contributed by atoms with van der Waals surface area (Å²) in [6.45, 7) is 20.4. The zero-order valence-electron chi connectivity index (χ0n) is 32.1. The molecule has 0 spiro atoms. The van der Waals surface area contributed by atoms with Gasteiger partial charge in [0.25, 0.3) is 0 Å². The third-order valence-corrected chi connectivity index (χ3v) is 12.7. The van der Waals surface area contributed by atoms with Gasteiger partial charge in [-0.2, -0.15) is 0 Å². The summed E-state index contributed by atoms with van der Waals surface area (Å²) in [7, 11) is 0. The Balaban J connectivity index is -0.000000807. The molecular formula is C36H76O4P2S4Zn. The van der Waals surface area contributed by atoms with Crippen LogP contribution in [-0.2, 0) is 85.7 Å². The molecule has 0 aromatic carbocycles. The summed E-state index contributed by atoms with van der Waals surface area (Å²) >= 11 is 21.5. The fraction of sp³-hybridized carbons (Fsp3) is 1.00. The molecule has 0 bridgehead atoms. The Kier molecular flexibility index (Phi) is 42.1. The Hall–Kier alpha value is 2.46. The molecule has 0 N–H and O–H groups in total. The Morgan fingerprint density at radius 3 is 0.766 bits per heavy atom. The molecule has 0 aliphatic rings. The number of unbranched alkanes of at least 4 members (excludes halogenated alkanes) is 12. The normalized spacial score (nSPS) is 16.6. The maximum Gasteiger partial charge on any atom is 2.00 e. The topological polar surface area (TPSA) is 36.9 Å². The van der Waals surface area contributed by atoms with Crippen LogP contribution in [0.3, 0.4) is 0 Å². The Morgan fingerprint density at radius 1 is 0.404 bits per heavy atom. The molecule has 0 aromatic heterocycles. The van der Waals surface area contributed by atoms with Crippen molar-refractivity contribution in [3.8, 4) is 0 Å². The fourth-order valence-corrected chi connectivity index (χ4v) is 8.32. The van der Waals surface area contributed by atoms with Gasteiger partial charge in [-0.25, -0.2) is 0 Å². The minimum Gasteiger partial charge on any atom is -0.691 e. The van der Waals surface area contributed by atoms with Crippen LogP contribution in [0.15, 0.2) is 0 Å². The van der Waals surface area contributed by atoms with Crippen molar-refractivity contribution in [3.63, 3.8) is 0 Å². The first kappa shape index (κ1) is 53.8. The molecule has 0 aliphatic heterocycles. The molecule has 0 fully saturated rings. The molecule has 11 heteroatoms. The van der Waals surface area contributed by atoms with Crippen LogP contribution < -0.4 is 0 Å². The molecule has 0 saturated heterocycles. The number of hydrogen-bond acceptors (Lipinski definition) is 8. The molecule has 0 radical (unpaired) electrons. The average Bonchev–Trinajstić information content (AvgIpc) is 3.02. The first-order chi connectivity index (χ1) is 21.8. The molecule has 0 saturated carbocycles. The fourth-order valence-electron chi connectivity index (χ4n) is 4.96. The van der Waals surface area contributed by atoms with Gasteiger partial charge in [0.15, 0.2) is 0 Å². The van der Waals surface area contributed by atoms with Gasteiger partial charge in [-0.3, -0.25) is 0 Å². The molecule has 0 aliphatic carbocycles. The molecule has 0 aromatic rings. The van der Waals surface area contributed by atoms with E-state index in [1.165, 1.54) is 128 Å². The number of rotatable bonds is 32. The zero-order valence-corrected chi connectivity index (χ0v) is 40.2. The van der Waals surface area contributed by atoms with E-state index in [4.69, 9.17) is 66.2 Å². The van der Waals surface area contributed by atoms with Crippen LogP contribution in [0.5, 0.6) is 0 Å². The summed E-state index contributed by atoms with van der Waals surface area (Å²) in [4.78, 5) is 0. The second-order valence-corrected chi connectivity index (χ2v) is 23.9.